The number of carbonyl (C=O) groups is 1. The van der Waals surface area contributed by atoms with Gasteiger partial charge in [0.25, 0.3) is 0 Å². The molecule has 0 aliphatic rings. The van der Waals surface area contributed by atoms with Gasteiger partial charge in [-0.1, -0.05) is 5.21 Å². The van der Waals surface area contributed by atoms with Crippen molar-refractivity contribution in [1.29, 1.82) is 0 Å². The minimum Gasteiger partial charge on any atom is -0.476 e. The molecule has 3 aromatic heterocycles. The zero-order valence-electron chi connectivity index (χ0n) is 9.55. The molecule has 3 heterocycles. The molecule has 8 heteroatoms. The van der Waals surface area contributed by atoms with Crippen LogP contribution in [0, 0.1) is 0 Å². The molecule has 3 rings (SSSR count). The Balaban J connectivity index is 1.78. The first kappa shape index (κ1) is 12.0. The first-order valence-electron chi connectivity index (χ1n) is 5.33. The fraction of sp³-hybridized carbons (Fsp3) is 0.0909. The summed E-state index contributed by atoms with van der Waals surface area (Å²) in [6.07, 6.45) is 1.39. The second-order valence-electron chi connectivity index (χ2n) is 3.76. The Morgan fingerprint density at radius 1 is 1.42 bits per heavy atom. The molecule has 0 bridgehead atoms. The van der Waals surface area contributed by atoms with Crippen molar-refractivity contribution in [3.8, 4) is 10.6 Å². The van der Waals surface area contributed by atoms with Gasteiger partial charge in [0, 0.05) is 16.3 Å². The van der Waals surface area contributed by atoms with Crippen LogP contribution in [0.5, 0.6) is 0 Å². The van der Waals surface area contributed by atoms with E-state index in [0.29, 0.717) is 6.54 Å². The molecule has 19 heavy (non-hydrogen) atoms. The van der Waals surface area contributed by atoms with E-state index in [1.54, 1.807) is 22.7 Å². The van der Waals surface area contributed by atoms with Crippen molar-refractivity contribution in [2.75, 3.05) is 0 Å². The standard InChI is InChI=1S/C11H8N4O2S2/c16-11(17)9-4-15(14-13-9)3-8-6-19-10(12-8)7-1-2-18-5-7/h1-2,4-6H,3H2,(H,16,17). The van der Waals surface area contributed by atoms with E-state index in [-0.39, 0.29) is 5.69 Å². The van der Waals surface area contributed by atoms with E-state index < -0.39 is 5.97 Å². The van der Waals surface area contributed by atoms with E-state index >= 15 is 0 Å². The lowest BCUT2D eigenvalue weighted by molar-refractivity contribution is 0.0690. The molecule has 0 fully saturated rings. The Bertz CT molecular complexity index is 702. The molecule has 0 saturated carbocycles. The number of carboxylic acids is 1. The van der Waals surface area contributed by atoms with E-state index in [1.807, 2.05) is 22.2 Å². The monoisotopic (exact) mass is 292 g/mol. The summed E-state index contributed by atoms with van der Waals surface area (Å²) in [7, 11) is 0. The van der Waals surface area contributed by atoms with Gasteiger partial charge in [-0.2, -0.15) is 11.3 Å². The first-order chi connectivity index (χ1) is 9.22. The molecule has 0 unspecified atom stereocenters. The summed E-state index contributed by atoms with van der Waals surface area (Å²) in [5.74, 6) is -1.08. The average Bonchev–Trinajstić information content (AvgIpc) is 3.09. The van der Waals surface area contributed by atoms with Crippen molar-refractivity contribution in [3.05, 3.63) is 39.8 Å². The molecule has 6 nitrogen and oxygen atoms in total. The number of hydrogen-bond acceptors (Lipinski definition) is 6. The summed E-state index contributed by atoms with van der Waals surface area (Å²) in [5, 5.41) is 23.0. The maximum absolute atomic E-state index is 10.7. The predicted octanol–water partition coefficient (Wildman–Crippen LogP) is 2.21. The highest BCUT2D eigenvalue weighted by molar-refractivity contribution is 7.14. The van der Waals surface area contributed by atoms with Gasteiger partial charge in [-0.15, -0.1) is 16.4 Å². The molecule has 0 amide bonds. The Kier molecular flexibility index (Phi) is 3.10. The highest BCUT2D eigenvalue weighted by atomic mass is 32.1. The maximum atomic E-state index is 10.7. The number of thiophene rings is 1. The fourth-order valence-corrected chi connectivity index (χ4v) is 3.06. The van der Waals surface area contributed by atoms with Gasteiger partial charge in [-0.05, 0) is 11.4 Å². The molecule has 0 atom stereocenters. The quantitative estimate of drug-likeness (QED) is 0.797. The van der Waals surface area contributed by atoms with E-state index in [0.717, 1.165) is 16.3 Å². The van der Waals surface area contributed by atoms with Gasteiger partial charge in [-0.3, -0.25) is 0 Å². The Morgan fingerprint density at radius 2 is 2.32 bits per heavy atom. The van der Waals surface area contributed by atoms with Crippen molar-refractivity contribution >= 4 is 28.6 Å². The Morgan fingerprint density at radius 3 is 3.00 bits per heavy atom. The lowest BCUT2D eigenvalue weighted by Crippen LogP contribution is -2.00. The lowest BCUT2D eigenvalue weighted by Gasteiger charge is -1.94. The van der Waals surface area contributed by atoms with Crippen molar-refractivity contribution < 1.29 is 9.90 Å². The van der Waals surface area contributed by atoms with Crippen LogP contribution in [0.15, 0.2) is 28.4 Å². The molecular formula is C11H8N4O2S2. The number of nitrogens with zero attached hydrogens (tertiary/aromatic N) is 4. The average molecular weight is 292 g/mol. The minimum atomic E-state index is -1.08. The zero-order valence-corrected chi connectivity index (χ0v) is 11.2. The maximum Gasteiger partial charge on any atom is 0.358 e. The summed E-state index contributed by atoms with van der Waals surface area (Å²) < 4.78 is 1.47. The normalized spacial score (nSPS) is 10.7. The smallest absolute Gasteiger partial charge is 0.358 e. The lowest BCUT2D eigenvalue weighted by atomic mass is 10.3. The van der Waals surface area contributed by atoms with E-state index in [4.69, 9.17) is 5.11 Å². The van der Waals surface area contributed by atoms with E-state index in [2.05, 4.69) is 15.3 Å². The van der Waals surface area contributed by atoms with Crippen molar-refractivity contribution in [2.45, 2.75) is 6.54 Å². The third kappa shape index (κ3) is 2.54. The Hall–Kier alpha value is -2.06. The van der Waals surface area contributed by atoms with Crippen molar-refractivity contribution in [3.63, 3.8) is 0 Å². The minimum absolute atomic E-state index is 0.0618. The number of rotatable bonds is 4. The van der Waals surface area contributed by atoms with Gasteiger partial charge < -0.3 is 5.11 Å². The summed E-state index contributed by atoms with van der Waals surface area (Å²) in [6, 6.07) is 2.02. The Labute approximate surface area is 116 Å². The number of aromatic nitrogens is 4. The van der Waals surface area contributed by atoms with E-state index in [1.165, 1.54) is 10.9 Å². The molecule has 0 aliphatic heterocycles. The summed E-state index contributed by atoms with van der Waals surface area (Å²) in [4.78, 5) is 15.2. The van der Waals surface area contributed by atoms with E-state index in [9.17, 15) is 4.79 Å². The number of thiazole rings is 1. The first-order valence-corrected chi connectivity index (χ1v) is 7.15. The van der Waals surface area contributed by atoms with Crippen LogP contribution in [0.3, 0.4) is 0 Å². The SMILES string of the molecule is O=C(O)c1cn(Cc2csc(-c3ccsc3)n2)nn1. The van der Waals surface area contributed by atoms with Gasteiger partial charge in [0.1, 0.15) is 5.01 Å². The second-order valence-corrected chi connectivity index (χ2v) is 5.40. The molecule has 3 aromatic rings. The van der Waals surface area contributed by atoms with Crippen LogP contribution < -0.4 is 0 Å². The van der Waals surface area contributed by atoms with Crippen molar-refractivity contribution in [2.24, 2.45) is 0 Å². The van der Waals surface area contributed by atoms with Crippen LogP contribution in [0.25, 0.3) is 10.6 Å². The molecule has 0 aromatic carbocycles. The van der Waals surface area contributed by atoms with Crippen LogP contribution in [-0.2, 0) is 6.54 Å². The predicted molar refractivity (Wildman–Crippen MR) is 71.5 cm³/mol. The summed E-state index contributed by atoms with van der Waals surface area (Å²) in [5.41, 5.74) is 1.88. The number of hydrogen-bond donors (Lipinski definition) is 1. The van der Waals surface area contributed by atoms with Gasteiger partial charge in [-0.25, -0.2) is 14.5 Å². The van der Waals surface area contributed by atoms with Crippen LogP contribution in [0.2, 0.25) is 0 Å². The van der Waals surface area contributed by atoms with Crippen LogP contribution in [0.1, 0.15) is 16.2 Å². The summed E-state index contributed by atoms with van der Waals surface area (Å²) in [6.45, 7) is 0.418. The topological polar surface area (TPSA) is 80.9 Å². The van der Waals surface area contributed by atoms with Crippen LogP contribution in [-0.4, -0.2) is 31.1 Å². The van der Waals surface area contributed by atoms with Crippen LogP contribution in [0.4, 0.5) is 0 Å². The molecule has 0 radical (unpaired) electrons. The third-order valence-corrected chi connectivity index (χ3v) is 4.03. The molecule has 0 aliphatic carbocycles. The van der Waals surface area contributed by atoms with Gasteiger partial charge in [0.05, 0.1) is 18.4 Å². The zero-order chi connectivity index (χ0) is 13.2. The largest absolute Gasteiger partial charge is 0.476 e. The highest BCUT2D eigenvalue weighted by Crippen LogP contribution is 2.25. The molecule has 1 N–H and O–H groups in total. The number of carboxylic acid groups (broad SMARTS) is 1. The van der Waals surface area contributed by atoms with Crippen molar-refractivity contribution in [1.82, 2.24) is 20.0 Å². The van der Waals surface area contributed by atoms with Gasteiger partial charge in [0.15, 0.2) is 5.69 Å². The second kappa shape index (κ2) is 4.90. The van der Waals surface area contributed by atoms with Gasteiger partial charge >= 0.3 is 5.97 Å². The number of aromatic carboxylic acids is 1. The molecule has 0 spiro atoms. The summed E-state index contributed by atoms with van der Waals surface area (Å²) >= 11 is 3.19. The molecule has 0 saturated heterocycles. The fourth-order valence-electron chi connectivity index (χ4n) is 1.54. The molecular weight excluding hydrogens is 284 g/mol. The molecule has 96 valence electrons. The third-order valence-electron chi connectivity index (χ3n) is 2.40. The highest BCUT2D eigenvalue weighted by Gasteiger charge is 2.10. The van der Waals surface area contributed by atoms with Gasteiger partial charge in [0.2, 0.25) is 0 Å². The van der Waals surface area contributed by atoms with Crippen LogP contribution >= 0.6 is 22.7 Å².